The van der Waals surface area contributed by atoms with Gasteiger partial charge in [-0.3, -0.25) is 0 Å². The minimum absolute atomic E-state index is 0.277. The summed E-state index contributed by atoms with van der Waals surface area (Å²) >= 11 is 0. The van der Waals surface area contributed by atoms with Crippen molar-refractivity contribution in [3.05, 3.63) is 12.7 Å². The smallest absolute Gasteiger partial charge is 0.214 e. The van der Waals surface area contributed by atoms with Gasteiger partial charge in [-0.05, 0) is 19.3 Å². The van der Waals surface area contributed by atoms with Gasteiger partial charge in [-0.15, -0.1) is 6.58 Å². The minimum Gasteiger partial charge on any atom is -0.381 e. The van der Waals surface area contributed by atoms with E-state index in [2.05, 4.69) is 11.3 Å². The highest BCUT2D eigenvalue weighted by Gasteiger charge is 2.26. The SMILES string of the molecule is C=CCCNS(=O)(=O)C1CCOCC1. The Kier molecular flexibility index (Phi) is 4.57. The molecule has 1 saturated heterocycles. The molecule has 0 aromatic heterocycles. The lowest BCUT2D eigenvalue weighted by atomic mass is 10.2. The van der Waals surface area contributed by atoms with Gasteiger partial charge in [-0.25, -0.2) is 13.1 Å². The van der Waals surface area contributed by atoms with E-state index in [-0.39, 0.29) is 5.25 Å². The molecule has 0 unspecified atom stereocenters. The molecule has 0 amide bonds. The highest BCUT2D eigenvalue weighted by Crippen LogP contribution is 2.14. The van der Waals surface area contributed by atoms with E-state index in [0.29, 0.717) is 39.0 Å². The summed E-state index contributed by atoms with van der Waals surface area (Å²) < 4.78 is 31.0. The molecule has 14 heavy (non-hydrogen) atoms. The average molecular weight is 219 g/mol. The molecule has 0 saturated carbocycles. The minimum atomic E-state index is -3.13. The normalized spacial score (nSPS) is 19.4. The van der Waals surface area contributed by atoms with Crippen LogP contribution < -0.4 is 4.72 Å². The lowest BCUT2D eigenvalue weighted by Gasteiger charge is -2.22. The van der Waals surface area contributed by atoms with Crippen LogP contribution in [0.1, 0.15) is 19.3 Å². The van der Waals surface area contributed by atoms with Crippen molar-refractivity contribution in [3.8, 4) is 0 Å². The van der Waals surface area contributed by atoms with Crippen molar-refractivity contribution in [3.63, 3.8) is 0 Å². The van der Waals surface area contributed by atoms with Gasteiger partial charge < -0.3 is 4.74 Å². The summed E-state index contributed by atoms with van der Waals surface area (Å²) in [5.74, 6) is 0. The van der Waals surface area contributed by atoms with E-state index in [4.69, 9.17) is 4.74 Å². The van der Waals surface area contributed by atoms with Crippen molar-refractivity contribution >= 4 is 10.0 Å². The van der Waals surface area contributed by atoms with Gasteiger partial charge in [0.1, 0.15) is 0 Å². The summed E-state index contributed by atoms with van der Waals surface area (Å²) in [5, 5.41) is -0.277. The molecule has 1 fully saturated rings. The van der Waals surface area contributed by atoms with Gasteiger partial charge in [0.25, 0.3) is 0 Å². The molecule has 4 nitrogen and oxygen atoms in total. The molecule has 82 valence electrons. The van der Waals surface area contributed by atoms with Gasteiger partial charge in [0.2, 0.25) is 10.0 Å². The van der Waals surface area contributed by atoms with Crippen LogP contribution in [0.5, 0.6) is 0 Å². The zero-order valence-corrected chi connectivity index (χ0v) is 9.05. The summed E-state index contributed by atoms with van der Waals surface area (Å²) in [6.07, 6.45) is 3.57. The Morgan fingerprint density at radius 1 is 1.43 bits per heavy atom. The van der Waals surface area contributed by atoms with E-state index in [1.807, 2.05) is 0 Å². The maximum atomic E-state index is 11.7. The van der Waals surface area contributed by atoms with Crippen LogP contribution in [0.4, 0.5) is 0 Å². The second kappa shape index (κ2) is 5.48. The molecule has 1 aliphatic heterocycles. The van der Waals surface area contributed by atoms with E-state index in [1.54, 1.807) is 6.08 Å². The van der Waals surface area contributed by atoms with Crippen molar-refractivity contribution in [2.24, 2.45) is 0 Å². The number of rotatable bonds is 5. The highest BCUT2D eigenvalue weighted by molar-refractivity contribution is 7.90. The lowest BCUT2D eigenvalue weighted by Crippen LogP contribution is -2.38. The Hall–Kier alpha value is -0.390. The number of hydrogen-bond acceptors (Lipinski definition) is 3. The summed E-state index contributed by atoms with van der Waals surface area (Å²) in [6.45, 7) is 5.08. The zero-order chi connectivity index (χ0) is 10.4. The fraction of sp³-hybridized carbons (Fsp3) is 0.778. The number of hydrogen-bond donors (Lipinski definition) is 1. The molecule has 1 N–H and O–H groups in total. The van der Waals surface area contributed by atoms with Crippen molar-refractivity contribution in [1.29, 1.82) is 0 Å². The fourth-order valence-electron chi connectivity index (χ4n) is 1.41. The van der Waals surface area contributed by atoms with Gasteiger partial charge in [-0.1, -0.05) is 6.08 Å². The van der Waals surface area contributed by atoms with Gasteiger partial charge in [-0.2, -0.15) is 0 Å². The van der Waals surface area contributed by atoms with Gasteiger partial charge in [0.15, 0.2) is 0 Å². The molecule has 0 spiro atoms. The largest absolute Gasteiger partial charge is 0.381 e. The molecule has 1 aliphatic rings. The Balaban J connectivity index is 2.42. The van der Waals surface area contributed by atoms with E-state index in [0.717, 1.165) is 0 Å². The maximum absolute atomic E-state index is 11.7. The predicted molar refractivity (Wildman–Crippen MR) is 55.6 cm³/mol. The third-order valence-electron chi connectivity index (χ3n) is 2.26. The molecule has 0 bridgehead atoms. The predicted octanol–water partition coefficient (Wildman–Crippen LogP) is 0.661. The van der Waals surface area contributed by atoms with Gasteiger partial charge in [0, 0.05) is 19.8 Å². The topological polar surface area (TPSA) is 55.4 Å². The average Bonchev–Trinajstić information content (AvgIpc) is 2.19. The fourth-order valence-corrected chi connectivity index (χ4v) is 2.86. The van der Waals surface area contributed by atoms with Crippen LogP contribution in [0, 0.1) is 0 Å². The van der Waals surface area contributed by atoms with Crippen LogP contribution in [0.15, 0.2) is 12.7 Å². The molecule has 1 rings (SSSR count). The van der Waals surface area contributed by atoms with Crippen LogP contribution in [-0.4, -0.2) is 33.4 Å². The summed E-state index contributed by atoms with van der Waals surface area (Å²) in [4.78, 5) is 0. The molecule has 0 atom stereocenters. The first kappa shape index (κ1) is 11.7. The first-order chi connectivity index (χ1) is 6.67. The van der Waals surface area contributed by atoms with E-state index in [9.17, 15) is 8.42 Å². The van der Waals surface area contributed by atoms with Gasteiger partial charge in [0.05, 0.1) is 5.25 Å². The van der Waals surface area contributed by atoms with Crippen LogP contribution >= 0.6 is 0 Å². The van der Waals surface area contributed by atoms with Crippen molar-refractivity contribution in [2.45, 2.75) is 24.5 Å². The molecule has 0 radical (unpaired) electrons. The zero-order valence-electron chi connectivity index (χ0n) is 8.24. The summed E-state index contributed by atoms with van der Waals surface area (Å²) in [6, 6.07) is 0. The first-order valence-corrected chi connectivity index (χ1v) is 6.38. The highest BCUT2D eigenvalue weighted by atomic mass is 32.2. The molecule has 5 heteroatoms. The van der Waals surface area contributed by atoms with E-state index >= 15 is 0 Å². The Morgan fingerprint density at radius 2 is 2.07 bits per heavy atom. The van der Waals surface area contributed by atoms with Gasteiger partial charge >= 0.3 is 0 Å². The van der Waals surface area contributed by atoms with Crippen molar-refractivity contribution < 1.29 is 13.2 Å². The Labute approximate surface area is 85.4 Å². The molecule has 0 aromatic carbocycles. The Morgan fingerprint density at radius 3 is 2.64 bits per heavy atom. The standard InChI is InChI=1S/C9H17NO3S/c1-2-3-6-10-14(11,12)9-4-7-13-8-5-9/h2,9-10H,1,3-8H2. The Bertz CT molecular complexity index is 268. The van der Waals surface area contributed by atoms with Crippen LogP contribution in [0.25, 0.3) is 0 Å². The summed E-state index contributed by atoms with van der Waals surface area (Å²) in [5.41, 5.74) is 0. The van der Waals surface area contributed by atoms with Crippen LogP contribution in [0.3, 0.4) is 0 Å². The molecular formula is C9H17NO3S. The summed E-state index contributed by atoms with van der Waals surface area (Å²) in [7, 11) is -3.13. The maximum Gasteiger partial charge on any atom is 0.214 e. The van der Waals surface area contributed by atoms with Crippen LogP contribution in [-0.2, 0) is 14.8 Å². The molecule has 0 aliphatic carbocycles. The van der Waals surface area contributed by atoms with E-state index in [1.165, 1.54) is 0 Å². The van der Waals surface area contributed by atoms with Crippen molar-refractivity contribution in [2.75, 3.05) is 19.8 Å². The molecule has 1 heterocycles. The third kappa shape index (κ3) is 3.40. The molecular weight excluding hydrogens is 202 g/mol. The molecule has 0 aromatic rings. The number of nitrogens with one attached hydrogen (secondary N) is 1. The van der Waals surface area contributed by atoms with Crippen LogP contribution in [0.2, 0.25) is 0 Å². The first-order valence-electron chi connectivity index (χ1n) is 4.84. The second-order valence-electron chi connectivity index (χ2n) is 3.33. The third-order valence-corrected chi connectivity index (χ3v) is 4.21. The quantitative estimate of drug-likeness (QED) is 0.546. The number of ether oxygens (including phenoxy) is 1. The number of sulfonamides is 1. The van der Waals surface area contributed by atoms with Crippen molar-refractivity contribution in [1.82, 2.24) is 4.72 Å². The second-order valence-corrected chi connectivity index (χ2v) is 5.37. The monoisotopic (exact) mass is 219 g/mol. The lowest BCUT2D eigenvalue weighted by molar-refractivity contribution is 0.0981. The van der Waals surface area contributed by atoms with E-state index < -0.39 is 10.0 Å².